The lowest BCUT2D eigenvalue weighted by Crippen LogP contribution is -2.24. The molecule has 0 saturated carbocycles. The summed E-state index contributed by atoms with van der Waals surface area (Å²) in [6.07, 6.45) is 4.16. The summed E-state index contributed by atoms with van der Waals surface area (Å²) in [6.45, 7) is 1.66. The van der Waals surface area contributed by atoms with Crippen LogP contribution in [-0.4, -0.2) is 11.9 Å². The molecule has 0 aliphatic heterocycles. The van der Waals surface area contributed by atoms with Crippen LogP contribution in [-0.2, 0) is 4.79 Å². The minimum atomic E-state index is -0.382. The van der Waals surface area contributed by atoms with E-state index >= 15 is 0 Å². The minimum Gasteiger partial charge on any atom is -0.324 e. The molecular weight excluding hydrogens is 219 g/mol. The van der Waals surface area contributed by atoms with Gasteiger partial charge >= 0.3 is 0 Å². The fourth-order valence-electron chi connectivity index (χ4n) is 1.89. The summed E-state index contributed by atoms with van der Waals surface area (Å²) in [4.78, 5) is 11.8. The monoisotopic (exact) mass is 234 g/mol. The Morgan fingerprint density at radius 2 is 2.24 bits per heavy atom. The topological polar surface area (TPSA) is 55.1 Å². The molecule has 0 heterocycles. The smallest absolute Gasteiger partial charge is 0.231 e. The van der Waals surface area contributed by atoms with Crippen LogP contribution >= 0.6 is 0 Å². The van der Waals surface area contributed by atoms with Gasteiger partial charge in [0.15, 0.2) is 0 Å². The van der Waals surface area contributed by atoms with Gasteiger partial charge in [-0.1, -0.05) is 24.3 Å². The first kappa shape index (κ1) is 11.8. The Bertz CT molecular complexity index is 470. The SMILES string of the molecule is Cc1cccc(NC(=O)C2C=CC(N)C2)c1F. The van der Waals surface area contributed by atoms with Crippen LogP contribution in [0.15, 0.2) is 30.4 Å². The Labute approximate surface area is 99.5 Å². The van der Waals surface area contributed by atoms with E-state index in [4.69, 9.17) is 5.73 Å². The Morgan fingerprint density at radius 1 is 1.47 bits per heavy atom. The standard InChI is InChI=1S/C13H15FN2O/c1-8-3-2-4-11(12(8)14)16-13(17)9-5-6-10(15)7-9/h2-6,9-10H,7,15H2,1H3,(H,16,17). The highest BCUT2D eigenvalue weighted by Gasteiger charge is 2.23. The average molecular weight is 234 g/mol. The number of carbonyl (C=O) groups excluding carboxylic acids is 1. The van der Waals surface area contributed by atoms with Crippen LogP contribution < -0.4 is 11.1 Å². The molecule has 2 unspecified atom stereocenters. The second-order valence-electron chi connectivity index (χ2n) is 4.32. The molecule has 1 aliphatic rings. The first-order valence-corrected chi connectivity index (χ1v) is 5.58. The molecular formula is C13H15FN2O. The van der Waals surface area contributed by atoms with Crippen molar-refractivity contribution in [3.8, 4) is 0 Å². The molecule has 2 rings (SSSR count). The Balaban J connectivity index is 2.09. The van der Waals surface area contributed by atoms with E-state index < -0.39 is 0 Å². The van der Waals surface area contributed by atoms with E-state index in [9.17, 15) is 9.18 Å². The van der Waals surface area contributed by atoms with Gasteiger partial charge in [-0.25, -0.2) is 4.39 Å². The Morgan fingerprint density at radius 3 is 2.88 bits per heavy atom. The molecule has 0 spiro atoms. The van der Waals surface area contributed by atoms with Crippen molar-refractivity contribution in [1.82, 2.24) is 0 Å². The van der Waals surface area contributed by atoms with E-state index in [1.807, 2.05) is 0 Å². The average Bonchev–Trinajstić information content (AvgIpc) is 2.72. The van der Waals surface area contributed by atoms with Crippen molar-refractivity contribution in [2.24, 2.45) is 11.7 Å². The summed E-state index contributed by atoms with van der Waals surface area (Å²) in [5.41, 5.74) is 6.41. The zero-order chi connectivity index (χ0) is 12.4. The molecule has 1 aliphatic carbocycles. The Kier molecular flexibility index (Phi) is 3.24. The number of halogens is 1. The first-order chi connectivity index (χ1) is 8.08. The lowest BCUT2D eigenvalue weighted by molar-refractivity contribution is -0.118. The van der Waals surface area contributed by atoms with E-state index in [0.29, 0.717) is 12.0 Å². The van der Waals surface area contributed by atoms with E-state index in [1.54, 1.807) is 37.3 Å². The van der Waals surface area contributed by atoms with Gasteiger partial charge in [-0.3, -0.25) is 4.79 Å². The molecule has 17 heavy (non-hydrogen) atoms. The quantitative estimate of drug-likeness (QED) is 0.769. The van der Waals surface area contributed by atoms with E-state index in [2.05, 4.69) is 5.32 Å². The number of amides is 1. The second-order valence-corrected chi connectivity index (χ2v) is 4.32. The fraction of sp³-hybridized carbons (Fsp3) is 0.308. The third-order valence-corrected chi connectivity index (χ3v) is 2.90. The molecule has 0 bridgehead atoms. The normalized spacial score (nSPS) is 22.8. The third kappa shape index (κ3) is 2.53. The van der Waals surface area contributed by atoms with Crippen LogP contribution in [0.2, 0.25) is 0 Å². The van der Waals surface area contributed by atoms with E-state index in [1.165, 1.54) is 0 Å². The van der Waals surface area contributed by atoms with Crippen LogP contribution in [0.4, 0.5) is 10.1 Å². The van der Waals surface area contributed by atoms with Gasteiger partial charge in [0.2, 0.25) is 5.91 Å². The van der Waals surface area contributed by atoms with Crippen molar-refractivity contribution in [3.05, 3.63) is 41.7 Å². The number of aryl methyl sites for hydroxylation is 1. The number of anilines is 1. The molecule has 4 heteroatoms. The summed E-state index contributed by atoms with van der Waals surface area (Å²) < 4.78 is 13.7. The van der Waals surface area contributed by atoms with Crippen LogP contribution in [0.1, 0.15) is 12.0 Å². The summed E-state index contributed by atoms with van der Waals surface area (Å²) in [5, 5.41) is 2.59. The predicted octanol–water partition coefficient (Wildman–Crippen LogP) is 1.98. The highest BCUT2D eigenvalue weighted by molar-refractivity contribution is 5.94. The van der Waals surface area contributed by atoms with Gasteiger partial charge in [-0.15, -0.1) is 0 Å². The molecule has 1 amide bonds. The van der Waals surface area contributed by atoms with Gasteiger partial charge in [0, 0.05) is 6.04 Å². The predicted molar refractivity (Wildman–Crippen MR) is 65.0 cm³/mol. The van der Waals surface area contributed by atoms with Gasteiger partial charge in [0.05, 0.1) is 11.6 Å². The number of carbonyl (C=O) groups is 1. The van der Waals surface area contributed by atoms with Crippen LogP contribution in [0.5, 0.6) is 0 Å². The maximum atomic E-state index is 13.7. The molecule has 2 atom stereocenters. The lowest BCUT2D eigenvalue weighted by Gasteiger charge is -2.11. The van der Waals surface area contributed by atoms with Crippen molar-refractivity contribution in [2.45, 2.75) is 19.4 Å². The van der Waals surface area contributed by atoms with Crippen molar-refractivity contribution < 1.29 is 9.18 Å². The van der Waals surface area contributed by atoms with Gasteiger partial charge < -0.3 is 11.1 Å². The largest absolute Gasteiger partial charge is 0.324 e. The zero-order valence-corrected chi connectivity index (χ0v) is 9.61. The molecule has 3 N–H and O–H groups in total. The van der Waals surface area contributed by atoms with Crippen molar-refractivity contribution in [3.63, 3.8) is 0 Å². The van der Waals surface area contributed by atoms with Gasteiger partial charge in [0.1, 0.15) is 5.82 Å². The second kappa shape index (κ2) is 4.67. The fourth-order valence-corrected chi connectivity index (χ4v) is 1.89. The molecule has 0 aromatic heterocycles. The summed E-state index contributed by atoms with van der Waals surface area (Å²) >= 11 is 0. The van der Waals surface area contributed by atoms with Crippen LogP contribution in [0.3, 0.4) is 0 Å². The number of hydrogen-bond donors (Lipinski definition) is 2. The van der Waals surface area contributed by atoms with Gasteiger partial charge in [-0.05, 0) is 25.0 Å². The van der Waals surface area contributed by atoms with Gasteiger partial charge in [0.25, 0.3) is 0 Å². The Hall–Kier alpha value is -1.68. The van der Waals surface area contributed by atoms with E-state index in [0.717, 1.165) is 0 Å². The highest BCUT2D eigenvalue weighted by atomic mass is 19.1. The lowest BCUT2D eigenvalue weighted by atomic mass is 10.1. The molecule has 1 aromatic carbocycles. The van der Waals surface area contributed by atoms with Gasteiger partial charge in [-0.2, -0.15) is 0 Å². The number of nitrogens with two attached hydrogens (primary N) is 1. The third-order valence-electron chi connectivity index (χ3n) is 2.90. The maximum absolute atomic E-state index is 13.7. The zero-order valence-electron chi connectivity index (χ0n) is 9.61. The minimum absolute atomic E-state index is 0.0758. The summed E-state index contributed by atoms with van der Waals surface area (Å²) in [5.74, 6) is -0.851. The van der Waals surface area contributed by atoms with Crippen molar-refractivity contribution >= 4 is 11.6 Å². The van der Waals surface area contributed by atoms with Crippen LogP contribution in [0, 0.1) is 18.7 Å². The first-order valence-electron chi connectivity index (χ1n) is 5.58. The molecule has 0 radical (unpaired) electrons. The summed E-state index contributed by atoms with van der Waals surface area (Å²) in [6, 6.07) is 4.85. The number of benzene rings is 1. The highest BCUT2D eigenvalue weighted by Crippen LogP contribution is 2.21. The van der Waals surface area contributed by atoms with Crippen molar-refractivity contribution in [1.29, 1.82) is 0 Å². The molecule has 0 fully saturated rings. The number of nitrogens with one attached hydrogen (secondary N) is 1. The van der Waals surface area contributed by atoms with Crippen LogP contribution in [0.25, 0.3) is 0 Å². The molecule has 0 saturated heterocycles. The number of rotatable bonds is 2. The summed E-state index contributed by atoms with van der Waals surface area (Å²) in [7, 11) is 0. The van der Waals surface area contributed by atoms with Crippen molar-refractivity contribution in [2.75, 3.05) is 5.32 Å². The number of hydrogen-bond acceptors (Lipinski definition) is 2. The molecule has 1 aromatic rings. The molecule has 3 nitrogen and oxygen atoms in total. The maximum Gasteiger partial charge on any atom is 0.231 e. The van der Waals surface area contributed by atoms with E-state index in [-0.39, 0.29) is 29.4 Å². The molecule has 90 valence electrons.